The topological polar surface area (TPSA) is 73.1 Å². The van der Waals surface area contributed by atoms with E-state index in [4.69, 9.17) is 10.6 Å². The van der Waals surface area contributed by atoms with Gasteiger partial charge in [-0.15, -0.1) is 0 Å². The maximum atomic E-state index is 5.87. The van der Waals surface area contributed by atoms with Crippen LogP contribution in [0.1, 0.15) is 0 Å². The van der Waals surface area contributed by atoms with E-state index in [1.54, 1.807) is 0 Å². The summed E-state index contributed by atoms with van der Waals surface area (Å²) in [7, 11) is 0. The Morgan fingerprint density at radius 3 is 2.55 bits per heavy atom. The molecule has 0 saturated heterocycles. The van der Waals surface area contributed by atoms with Gasteiger partial charge >= 0.3 is 0 Å². The molecule has 0 amide bonds. The smallest absolute Gasteiger partial charge is 0.241 e. The average molecular weight is 331 g/mol. The molecular formula is C14H11BrN4O. The Kier molecular flexibility index (Phi) is 3.49. The van der Waals surface area contributed by atoms with Gasteiger partial charge in [-0.3, -0.25) is 5.43 Å². The molecule has 0 saturated carbocycles. The highest BCUT2D eigenvalue weighted by Gasteiger charge is 2.10. The normalized spacial score (nSPS) is 10.5. The standard InChI is InChI=1S/C14H11BrN4O/c15-10-6-2-4-8-12(10)20-13-9-5-1-3-7-11(9)17-14(18-13)19-16/h1-8H,16H2,(H,17,18,19). The number of halogens is 1. The zero-order valence-corrected chi connectivity index (χ0v) is 12.0. The Morgan fingerprint density at radius 2 is 1.75 bits per heavy atom. The molecular weight excluding hydrogens is 320 g/mol. The summed E-state index contributed by atoms with van der Waals surface area (Å²) < 4.78 is 6.72. The second-order valence-electron chi connectivity index (χ2n) is 4.05. The third kappa shape index (κ3) is 2.43. The first-order valence-corrected chi connectivity index (χ1v) is 6.73. The van der Waals surface area contributed by atoms with Crippen molar-refractivity contribution in [2.75, 3.05) is 5.43 Å². The Bertz CT molecular complexity index is 763. The molecule has 0 bridgehead atoms. The summed E-state index contributed by atoms with van der Waals surface area (Å²) in [4.78, 5) is 8.54. The lowest BCUT2D eigenvalue weighted by molar-refractivity contribution is 0.466. The number of nitrogen functional groups attached to an aromatic ring is 1. The van der Waals surface area contributed by atoms with E-state index in [0.29, 0.717) is 17.6 Å². The van der Waals surface area contributed by atoms with Crippen molar-refractivity contribution in [2.24, 2.45) is 5.84 Å². The number of para-hydroxylation sites is 2. The van der Waals surface area contributed by atoms with Gasteiger partial charge in [0.05, 0.1) is 15.4 Å². The number of nitrogens with one attached hydrogen (secondary N) is 1. The zero-order valence-electron chi connectivity index (χ0n) is 10.4. The predicted molar refractivity (Wildman–Crippen MR) is 81.6 cm³/mol. The Morgan fingerprint density at radius 1 is 1.00 bits per heavy atom. The van der Waals surface area contributed by atoms with Gasteiger partial charge in [0.1, 0.15) is 5.75 Å². The minimum absolute atomic E-state index is 0.311. The molecule has 0 aliphatic carbocycles. The van der Waals surface area contributed by atoms with Gasteiger partial charge in [0.2, 0.25) is 11.8 Å². The predicted octanol–water partition coefficient (Wildman–Crippen LogP) is 3.47. The number of rotatable bonds is 3. The summed E-state index contributed by atoms with van der Waals surface area (Å²) in [6, 6.07) is 15.2. The second-order valence-corrected chi connectivity index (χ2v) is 4.90. The van der Waals surface area contributed by atoms with Gasteiger partial charge < -0.3 is 4.74 Å². The molecule has 6 heteroatoms. The van der Waals surface area contributed by atoms with Gasteiger partial charge in [0.25, 0.3) is 0 Å². The minimum atomic E-state index is 0.311. The van der Waals surface area contributed by atoms with E-state index in [2.05, 4.69) is 31.3 Å². The van der Waals surface area contributed by atoms with Gasteiger partial charge in [-0.25, -0.2) is 10.8 Å². The molecule has 0 fully saturated rings. The molecule has 2 aromatic carbocycles. The molecule has 0 atom stereocenters. The van der Waals surface area contributed by atoms with E-state index in [1.165, 1.54) is 0 Å². The third-order valence-corrected chi connectivity index (χ3v) is 3.40. The monoisotopic (exact) mass is 330 g/mol. The molecule has 100 valence electrons. The van der Waals surface area contributed by atoms with Crippen molar-refractivity contribution in [2.45, 2.75) is 0 Å². The Hall–Kier alpha value is -2.18. The lowest BCUT2D eigenvalue weighted by Gasteiger charge is -2.10. The molecule has 1 heterocycles. The second kappa shape index (κ2) is 5.44. The van der Waals surface area contributed by atoms with E-state index in [0.717, 1.165) is 15.4 Å². The van der Waals surface area contributed by atoms with Gasteiger partial charge in [0.15, 0.2) is 0 Å². The number of hydrogen-bond donors (Lipinski definition) is 2. The molecule has 0 radical (unpaired) electrons. The first-order chi connectivity index (χ1) is 9.78. The van der Waals surface area contributed by atoms with E-state index >= 15 is 0 Å². The highest BCUT2D eigenvalue weighted by Crippen LogP contribution is 2.32. The van der Waals surface area contributed by atoms with E-state index in [1.807, 2.05) is 48.5 Å². The summed E-state index contributed by atoms with van der Waals surface area (Å²) in [5, 5.41) is 0.822. The first-order valence-electron chi connectivity index (χ1n) is 5.94. The number of nitrogens with zero attached hydrogens (tertiary/aromatic N) is 2. The molecule has 20 heavy (non-hydrogen) atoms. The quantitative estimate of drug-likeness (QED) is 0.568. The number of hydrogen-bond acceptors (Lipinski definition) is 5. The average Bonchev–Trinajstić information content (AvgIpc) is 2.49. The Labute approximate surface area is 123 Å². The molecule has 0 aliphatic heterocycles. The summed E-state index contributed by atoms with van der Waals surface area (Å²) in [5.41, 5.74) is 3.21. The SMILES string of the molecule is NNc1nc(Oc2ccccc2Br)c2ccccc2n1. The van der Waals surface area contributed by atoms with Gasteiger partial charge in [-0.2, -0.15) is 4.98 Å². The number of fused-ring (bicyclic) bond motifs is 1. The van der Waals surface area contributed by atoms with E-state index < -0.39 is 0 Å². The molecule has 0 aliphatic rings. The van der Waals surface area contributed by atoms with Crippen LogP contribution in [-0.4, -0.2) is 9.97 Å². The van der Waals surface area contributed by atoms with Crippen molar-refractivity contribution < 1.29 is 4.74 Å². The molecule has 3 aromatic rings. The van der Waals surface area contributed by atoms with Crippen LogP contribution >= 0.6 is 15.9 Å². The van der Waals surface area contributed by atoms with E-state index in [9.17, 15) is 0 Å². The number of hydrazine groups is 1. The number of benzene rings is 2. The van der Waals surface area contributed by atoms with Crippen molar-refractivity contribution in [3.63, 3.8) is 0 Å². The van der Waals surface area contributed by atoms with Gasteiger partial charge in [0, 0.05) is 0 Å². The molecule has 5 nitrogen and oxygen atoms in total. The zero-order chi connectivity index (χ0) is 13.9. The van der Waals surface area contributed by atoms with Crippen molar-refractivity contribution in [3.8, 4) is 11.6 Å². The fraction of sp³-hybridized carbons (Fsp3) is 0. The summed E-state index contributed by atoms with van der Waals surface area (Å²) >= 11 is 3.44. The van der Waals surface area contributed by atoms with Crippen molar-refractivity contribution in [1.82, 2.24) is 9.97 Å². The maximum Gasteiger partial charge on any atom is 0.241 e. The van der Waals surface area contributed by atoms with Gasteiger partial charge in [-0.1, -0.05) is 24.3 Å². The van der Waals surface area contributed by atoms with Crippen LogP contribution in [0.4, 0.5) is 5.95 Å². The van der Waals surface area contributed by atoms with Crippen molar-refractivity contribution >= 4 is 32.8 Å². The van der Waals surface area contributed by atoms with Crippen LogP contribution in [0.25, 0.3) is 10.9 Å². The number of anilines is 1. The summed E-state index contributed by atoms with van der Waals surface area (Å²) in [5.74, 6) is 6.84. The van der Waals surface area contributed by atoms with Crippen LogP contribution in [0.3, 0.4) is 0 Å². The molecule has 3 N–H and O–H groups in total. The van der Waals surface area contributed by atoms with Crippen molar-refractivity contribution in [1.29, 1.82) is 0 Å². The molecule has 0 unspecified atom stereocenters. The summed E-state index contributed by atoms with van der Waals surface area (Å²) in [6.45, 7) is 0. The van der Waals surface area contributed by atoms with E-state index in [-0.39, 0.29) is 0 Å². The lowest BCUT2D eigenvalue weighted by Crippen LogP contribution is -2.11. The first kappa shape index (κ1) is 12.8. The van der Waals surface area contributed by atoms with Crippen LogP contribution in [0.2, 0.25) is 0 Å². The number of ether oxygens (including phenoxy) is 1. The van der Waals surface area contributed by atoms with Gasteiger partial charge in [-0.05, 0) is 40.2 Å². The fourth-order valence-electron chi connectivity index (χ4n) is 1.82. The van der Waals surface area contributed by atoms with Crippen LogP contribution in [0, 0.1) is 0 Å². The van der Waals surface area contributed by atoms with Crippen LogP contribution in [0.5, 0.6) is 11.6 Å². The Balaban J connectivity index is 2.13. The maximum absolute atomic E-state index is 5.87. The number of nitrogens with two attached hydrogens (primary N) is 1. The summed E-state index contributed by atoms with van der Waals surface area (Å²) in [6.07, 6.45) is 0. The van der Waals surface area contributed by atoms with Crippen LogP contribution in [0.15, 0.2) is 53.0 Å². The lowest BCUT2D eigenvalue weighted by atomic mass is 10.2. The number of aromatic nitrogens is 2. The highest BCUT2D eigenvalue weighted by atomic mass is 79.9. The fourth-order valence-corrected chi connectivity index (χ4v) is 2.19. The molecule has 0 spiro atoms. The molecule has 3 rings (SSSR count). The van der Waals surface area contributed by atoms with Crippen molar-refractivity contribution in [3.05, 3.63) is 53.0 Å². The third-order valence-electron chi connectivity index (χ3n) is 2.74. The van der Waals surface area contributed by atoms with Crippen LogP contribution < -0.4 is 16.0 Å². The molecule has 1 aromatic heterocycles. The highest BCUT2D eigenvalue weighted by molar-refractivity contribution is 9.10. The minimum Gasteiger partial charge on any atom is -0.437 e. The largest absolute Gasteiger partial charge is 0.437 e. The van der Waals surface area contributed by atoms with Crippen LogP contribution in [-0.2, 0) is 0 Å².